The van der Waals surface area contributed by atoms with Crippen molar-refractivity contribution in [1.29, 1.82) is 0 Å². The molecule has 1 atom stereocenters. The summed E-state index contributed by atoms with van der Waals surface area (Å²) in [5.41, 5.74) is 2.21. The van der Waals surface area contributed by atoms with Crippen LogP contribution < -0.4 is 16.3 Å². The lowest BCUT2D eigenvalue weighted by atomic mass is 9.96. The molecule has 1 aliphatic heterocycles. The summed E-state index contributed by atoms with van der Waals surface area (Å²) in [5, 5.41) is 6.43. The minimum absolute atomic E-state index is 0. The van der Waals surface area contributed by atoms with Crippen LogP contribution in [0.25, 0.3) is 11.0 Å². The number of nitrogens with zero attached hydrogens (tertiary/aromatic N) is 1. The monoisotopic (exact) mass is 392 g/mol. The van der Waals surface area contributed by atoms with Crippen molar-refractivity contribution in [3.63, 3.8) is 0 Å². The number of rotatable bonds is 5. The number of benzene rings is 1. The van der Waals surface area contributed by atoms with Gasteiger partial charge in [0.1, 0.15) is 0 Å². The second-order valence-corrected chi connectivity index (χ2v) is 7.73. The Hall–Kier alpha value is -1.79. The van der Waals surface area contributed by atoms with Gasteiger partial charge in [0.15, 0.2) is 0 Å². The van der Waals surface area contributed by atoms with Crippen molar-refractivity contribution in [2.24, 2.45) is 5.92 Å². The number of aromatic amines is 1. The smallest absolute Gasteiger partial charge is 0.326 e. The molecule has 3 N–H and O–H groups in total. The molecule has 27 heavy (non-hydrogen) atoms. The number of halogens is 1. The van der Waals surface area contributed by atoms with E-state index in [9.17, 15) is 9.59 Å². The van der Waals surface area contributed by atoms with Crippen LogP contribution in [0.15, 0.2) is 23.0 Å². The highest BCUT2D eigenvalue weighted by atomic mass is 35.5. The van der Waals surface area contributed by atoms with Crippen LogP contribution in [0, 0.1) is 5.92 Å². The van der Waals surface area contributed by atoms with E-state index in [2.05, 4.69) is 15.6 Å². The average Bonchev–Trinajstić information content (AvgIpc) is 3.28. The third-order valence-corrected chi connectivity index (χ3v) is 5.91. The standard InChI is InChI=1S/C20H28N4O2.ClH/c25-19(22-11-9-14-4-3-10-21-13-14)15-7-8-18-17(12-15)23-20(26)24(18)16-5-1-2-6-16;/h7-8,12,14,16,21H,1-6,9-11,13H2,(H,22,25)(H,23,26);1H. The maximum Gasteiger partial charge on any atom is 0.326 e. The van der Waals surface area contributed by atoms with E-state index >= 15 is 0 Å². The molecule has 1 saturated carbocycles. The lowest BCUT2D eigenvalue weighted by Crippen LogP contribution is -2.33. The van der Waals surface area contributed by atoms with Gasteiger partial charge in [-0.3, -0.25) is 9.36 Å². The van der Waals surface area contributed by atoms with Crippen LogP contribution in [0.5, 0.6) is 0 Å². The number of imidazole rings is 1. The van der Waals surface area contributed by atoms with Crippen LogP contribution in [-0.2, 0) is 0 Å². The summed E-state index contributed by atoms with van der Waals surface area (Å²) in [6.45, 7) is 2.86. The number of H-pyrrole nitrogens is 1. The SMILES string of the molecule is Cl.O=C(NCCC1CCCNC1)c1ccc2c(c1)[nH]c(=O)n2C1CCCC1. The van der Waals surface area contributed by atoms with Crippen molar-refractivity contribution < 1.29 is 4.79 Å². The molecule has 2 heterocycles. The molecular weight excluding hydrogens is 364 g/mol. The molecule has 1 aliphatic carbocycles. The first kappa shape index (κ1) is 20.0. The molecule has 1 saturated heterocycles. The molecule has 4 rings (SSSR count). The molecule has 2 fully saturated rings. The third-order valence-electron chi connectivity index (χ3n) is 5.91. The normalized spacial score (nSPS) is 20.5. The van der Waals surface area contributed by atoms with Gasteiger partial charge in [0.25, 0.3) is 5.91 Å². The zero-order valence-electron chi connectivity index (χ0n) is 15.6. The van der Waals surface area contributed by atoms with Gasteiger partial charge in [0, 0.05) is 18.2 Å². The fourth-order valence-electron chi connectivity index (χ4n) is 4.46. The Morgan fingerprint density at radius 1 is 1.19 bits per heavy atom. The Morgan fingerprint density at radius 2 is 2.00 bits per heavy atom. The maximum atomic E-state index is 12.5. The number of nitrogens with one attached hydrogen (secondary N) is 3. The summed E-state index contributed by atoms with van der Waals surface area (Å²) in [5.74, 6) is 0.591. The molecule has 7 heteroatoms. The number of carbonyl (C=O) groups is 1. The van der Waals surface area contributed by atoms with E-state index in [-0.39, 0.29) is 24.0 Å². The van der Waals surface area contributed by atoms with E-state index in [4.69, 9.17) is 0 Å². The Bertz CT molecular complexity index is 832. The molecule has 1 unspecified atom stereocenters. The van der Waals surface area contributed by atoms with Gasteiger partial charge in [-0.15, -0.1) is 12.4 Å². The van der Waals surface area contributed by atoms with Gasteiger partial charge >= 0.3 is 5.69 Å². The number of hydrogen-bond donors (Lipinski definition) is 3. The predicted molar refractivity (Wildman–Crippen MR) is 110 cm³/mol. The van der Waals surface area contributed by atoms with Gasteiger partial charge in [0.05, 0.1) is 11.0 Å². The first-order valence-electron chi connectivity index (χ1n) is 9.95. The summed E-state index contributed by atoms with van der Waals surface area (Å²) in [6.07, 6.45) is 7.96. The van der Waals surface area contributed by atoms with E-state index < -0.39 is 0 Å². The first-order valence-corrected chi connectivity index (χ1v) is 9.95. The largest absolute Gasteiger partial charge is 0.352 e. The van der Waals surface area contributed by atoms with Crippen molar-refractivity contribution in [3.05, 3.63) is 34.2 Å². The molecule has 0 bridgehead atoms. The van der Waals surface area contributed by atoms with Gasteiger partial charge < -0.3 is 15.6 Å². The molecule has 1 aromatic carbocycles. The second kappa shape index (κ2) is 8.93. The molecule has 148 valence electrons. The minimum atomic E-state index is -0.0647. The fraction of sp³-hybridized carbons (Fsp3) is 0.600. The Kier molecular flexibility index (Phi) is 6.60. The van der Waals surface area contributed by atoms with Crippen molar-refractivity contribution in [2.45, 2.75) is 51.0 Å². The highest BCUT2D eigenvalue weighted by molar-refractivity contribution is 5.97. The Morgan fingerprint density at radius 3 is 2.74 bits per heavy atom. The molecule has 1 aromatic heterocycles. The summed E-state index contributed by atoms with van der Waals surface area (Å²) in [6, 6.07) is 5.84. The molecule has 2 aromatic rings. The van der Waals surface area contributed by atoms with E-state index in [1.54, 1.807) is 6.07 Å². The average molecular weight is 393 g/mol. The summed E-state index contributed by atoms with van der Waals surface area (Å²) >= 11 is 0. The van der Waals surface area contributed by atoms with Gasteiger partial charge in [-0.1, -0.05) is 12.8 Å². The number of piperidine rings is 1. The van der Waals surface area contributed by atoms with Gasteiger partial charge in [-0.2, -0.15) is 0 Å². The molecule has 0 spiro atoms. The quantitative estimate of drug-likeness (QED) is 0.731. The number of fused-ring (bicyclic) bond motifs is 1. The summed E-state index contributed by atoms with van der Waals surface area (Å²) in [7, 11) is 0. The number of aromatic nitrogens is 2. The van der Waals surface area contributed by atoms with E-state index in [0.717, 1.165) is 43.4 Å². The minimum Gasteiger partial charge on any atom is -0.352 e. The van der Waals surface area contributed by atoms with Crippen molar-refractivity contribution >= 4 is 29.3 Å². The second-order valence-electron chi connectivity index (χ2n) is 7.73. The van der Waals surface area contributed by atoms with Gasteiger partial charge in [-0.25, -0.2) is 4.79 Å². The zero-order chi connectivity index (χ0) is 17.9. The first-order chi connectivity index (χ1) is 12.7. The van der Waals surface area contributed by atoms with Crippen molar-refractivity contribution in [2.75, 3.05) is 19.6 Å². The third kappa shape index (κ3) is 4.38. The van der Waals surface area contributed by atoms with Crippen LogP contribution in [0.1, 0.15) is 61.3 Å². The van der Waals surface area contributed by atoms with Crippen LogP contribution in [0.2, 0.25) is 0 Å². The zero-order valence-corrected chi connectivity index (χ0v) is 16.4. The highest BCUT2D eigenvalue weighted by Crippen LogP contribution is 2.30. The lowest BCUT2D eigenvalue weighted by molar-refractivity contribution is 0.0951. The van der Waals surface area contributed by atoms with Crippen LogP contribution in [-0.4, -0.2) is 35.1 Å². The van der Waals surface area contributed by atoms with Crippen molar-refractivity contribution in [1.82, 2.24) is 20.2 Å². The van der Waals surface area contributed by atoms with Gasteiger partial charge in [0.2, 0.25) is 0 Å². The van der Waals surface area contributed by atoms with Crippen LogP contribution in [0.4, 0.5) is 0 Å². The summed E-state index contributed by atoms with van der Waals surface area (Å²) in [4.78, 5) is 27.7. The van der Waals surface area contributed by atoms with Crippen molar-refractivity contribution in [3.8, 4) is 0 Å². The molecular formula is C20H29ClN4O2. The van der Waals surface area contributed by atoms with Crippen LogP contribution in [0.3, 0.4) is 0 Å². The number of hydrogen-bond acceptors (Lipinski definition) is 3. The Labute approximate surface area is 165 Å². The predicted octanol–water partition coefficient (Wildman–Crippen LogP) is 2.99. The molecule has 2 aliphatic rings. The Balaban J connectivity index is 0.00000210. The van der Waals surface area contributed by atoms with E-state index in [1.165, 1.54) is 25.7 Å². The van der Waals surface area contributed by atoms with E-state index in [1.807, 2.05) is 16.7 Å². The number of amides is 1. The highest BCUT2D eigenvalue weighted by Gasteiger charge is 2.21. The number of carbonyl (C=O) groups excluding carboxylic acids is 1. The fourth-order valence-corrected chi connectivity index (χ4v) is 4.46. The van der Waals surface area contributed by atoms with E-state index in [0.29, 0.717) is 24.1 Å². The lowest BCUT2D eigenvalue weighted by Gasteiger charge is -2.22. The maximum absolute atomic E-state index is 12.5. The topological polar surface area (TPSA) is 78.9 Å². The summed E-state index contributed by atoms with van der Waals surface area (Å²) < 4.78 is 1.88. The molecule has 0 radical (unpaired) electrons. The van der Waals surface area contributed by atoms with Crippen LogP contribution >= 0.6 is 12.4 Å². The molecule has 6 nitrogen and oxygen atoms in total. The van der Waals surface area contributed by atoms with Gasteiger partial charge in [-0.05, 0) is 69.3 Å². The molecule has 1 amide bonds.